The van der Waals surface area contributed by atoms with Crippen LogP contribution in [0.15, 0.2) is 47.8 Å². The van der Waals surface area contributed by atoms with E-state index in [0.29, 0.717) is 0 Å². The molecule has 0 aliphatic heterocycles. The number of hydrogen-bond donors (Lipinski definition) is 2. The molecule has 1 amide bonds. The maximum Gasteiger partial charge on any atom is 0.387 e. The molecule has 0 saturated carbocycles. The van der Waals surface area contributed by atoms with E-state index in [0.717, 1.165) is 16.1 Å². The first-order chi connectivity index (χ1) is 11.6. The minimum Gasteiger partial charge on any atom is -0.435 e. The molecule has 0 fully saturated rings. The monoisotopic (exact) mass is 349 g/mol. The number of aromatic nitrogens is 2. The van der Waals surface area contributed by atoms with Crippen molar-refractivity contribution in [2.75, 3.05) is 0 Å². The number of rotatable bonds is 6. The number of aromatic amines is 1. The maximum absolute atomic E-state index is 12.1. The van der Waals surface area contributed by atoms with Crippen molar-refractivity contribution in [3.05, 3.63) is 59.1 Å². The molecule has 2 heterocycles. The largest absolute Gasteiger partial charge is 0.435 e. The summed E-state index contributed by atoms with van der Waals surface area (Å²) >= 11 is 1.55. The van der Waals surface area contributed by atoms with Gasteiger partial charge in [0.05, 0.1) is 10.6 Å². The van der Waals surface area contributed by atoms with Gasteiger partial charge >= 0.3 is 6.61 Å². The second-order valence-electron chi connectivity index (χ2n) is 4.85. The highest BCUT2D eigenvalue weighted by Crippen LogP contribution is 2.22. The van der Waals surface area contributed by atoms with Crippen LogP contribution < -0.4 is 10.1 Å². The van der Waals surface area contributed by atoms with E-state index in [-0.39, 0.29) is 23.9 Å². The summed E-state index contributed by atoms with van der Waals surface area (Å²) in [5.74, 6) is -0.241. The zero-order chi connectivity index (χ0) is 16.9. The molecule has 2 N–H and O–H groups in total. The molecule has 2 aromatic heterocycles. The van der Waals surface area contributed by atoms with Crippen molar-refractivity contribution in [3.63, 3.8) is 0 Å². The van der Waals surface area contributed by atoms with Crippen LogP contribution in [0.4, 0.5) is 8.78 Å². The van der Waals surface area contributed by atoms with E-state index in [4.69, 9.17) is 0 Å². The second kappa shape index (κ2) is 7.22. The van der Waals surface area contributed by atoms with E-state index in [9.17, 15) is 13.6 Å². The van der Waals surface area contributed by atoms with Crippen LogP contribution in [0.3, 0.4) is 0 Å². The third-order valence-corrected chi connectivity index (χ3v) is 4.10. The summed E-state index contributed by atoms with van der Waals surface area (Å²) in [7, 11) is 0. The van der Waals surface area contributed by atoms with Crippen LogP contribution in [-0.2, 0) is 6.54 Å². The van der Waals surface area contributed by atoms with Crippen LogP contribution in [0.5, 0.6) is 5.75 Å². The highest BCUT2D eigenvalue weighted by atomic mass is 32.1. The molecule has 124 valence electrons. The molecule has 0 aliphatic carbocycles. The van der Waals surface area contributed by atoms with E-state index in [1.807, 2.05) is 17.5 Å². The molecule has 1 aromatic carbocycles. The number of benzene rings is 1. The summed E-state index contributed by atoms with van der Waals surface area (Å²) in [6.07, 6.45) is 0. The lowest BCUT2D eigenvalue weighted by Crippen LogP contribution is -2.23. The molecule has 3 rings (SSSR count). The molecule has 0 spiro atoms. The number of amides is 1. The molecule has 0 aliphatic rings. The van der Waals surface area contributed by atoms with Crippen LogP contribution in [0.2, 0.25) is 0 Å². The Labute approximate surface area is 140 Å². The van der Waals surface area contributed by atoms with E-state index in [1.54, 1.807) is 29.5 Å². The van der Waals surface area contributed by atoms with Gasteiger partial charge in [-0.05, 0) is 35.2 Å². The van der Waals surface area contributed by atoms with Crippen LogP contribution >= 0.6 is 11.3 Å². The number of ether oxygens (including phenoxy) is 1. The zero-order valence-electron chi connectivity index (χ0n) is 12.3. The molecule has 0 unspecified atom stereocenters. The Kier molecular flexibility index (Phi) is 4.85. The normalized spacial score (nSPS) is 10.8. The topological polar surface area (TPSA) is 67.0 Å². The molecule has 0 atom stereocenters. The standard InChI is InChI=1S/C16H13F2N3O2S/c17-16(18)23-11-5-3-10(4-6-11)9-19-15(22)13-8-12(20-21-13)14-2-1-7-24-14/h1-8,16H,9H2,(H,19,22)(H,20,21). The first kappa shape index (κ1) is 16.1. The number of hydrogen-bond acceptors (Lipinski definition) is 4. The number of H-pyrrole nitrogens is 1. The summed E-state index contributed by atoms with van der Waals surface area (Å²) in [5, 5.41) is 11.5. The summed E-state index contributed by atoms with van der Waals surface area (Å²) < 4.78 is 28.4. The molecule has 0 radical (unpaired) electrons. The number of carbonyl (C=O) groups excluding carboxylic acids is 1. The maximum atomic E-state index is 12.1. The summed E-state index contributed by atoms with van der Waals surface area (Å²) in [6.45, 7) is -2.60. The van der Waals surface area contributed by atoms with Crippen molar-refractivity contribution in [2.45, 2.75) is 13.2 Å². The van der Waals surface area contributed by atoms with Gasteiger partial charge in [-0.25, -0.2) is 0 Å². The predicted octanol–water partition coefficient (Wildman–Crippen LogP) is 3.67. The first-order valence-corrected chi connectivity index (χ1v) is 7.91. The van der Waals surface area contributed by atoms with Crippen molar-refractivity contribution in [3.8, 4) is 16.3 Å². The van der Waals surface area contributed by atoms with Crippen molar-refractivity contribution in [1.82, 2.24) is 15.5 Å². The number of nitrogens with zero attached hydrogens (tertiary/aromatic N) is 1. The molecular formula is C16H13F2N3O2S. The Bertz CT molecular complexity index is 801. The average Bonchev–Trinajstić information content (AvgIpc) is 3.24. The molecule has 0 bridgehead atoms. The predicted molar refractivity (Wildman–Crippen MR) is 86.1 cm³/mol. The minimum atomic E-state index is -2.85. The van der Waals surface area contributed by atoms with Crippen LogP contribution in [0.1, 0.15) is 16.1 Å². The number of halogens is 2. The number of alkyl halides is 2. The van der Waals surface area contributed by atoms with Gasteiger partial charge in [0.15, 0.2) is 5.69 Å². The first-order valence-electron chi connectivity index (χ1n) is 7.03. The van der Waals surface area contributed by atoms with Crippen LogP contribution in [0, 0.1) is 0 Å². The van der Waals surface area contributed by atoms with Crippen molar-refractivity contribution in [1.29, 1.82) is 0 Å². The third-order valence-electron chi connectivity index (χ3n) is 3.20. The van der Waals surface area contributed by atoms with Gasteiger partial charge in [0.1, 0.15) is 5.75 Å². The number of carbonyl (C=O) groups is 1. The van der Waals surface area contributed by atoms with Gasteiger partial charge in [0.2, 0.25) is 0 Å². The molecule has 0 saturated heterocycles. The van der Waals surface area contributed by atoms with E-state index in [1.165, 1.54) is 12.1 Å². The lowest BCUT2D eigenvalue weighted by Gasteiger charge is -2.06. The van der Waals surface area contributed by atoms with E-state index >= 15 is 0 Å². The Hall–Kier alpha value is -2.74. The number of nitrogens with one attached hydrogen (secondary N) is 2. The Balaban J connectivity index is 1.57. The van der Waals surface area contributed by atoms with Gasteiger partial charge < -0.3 is 10.1 Å². The molecule has 8 heteroatoms. The quantitative estimate of drug-likeness (QED) is 0.713. The Morgan fingerprint density at radius 3 is 2.75 bits per heavy atom. The Morgan fingerprint density at radius 1 is 1.29 bits per heavy atom. The second-order valence-corrected chi connectivity index (χ2v) is 5.80. The van der Waals surface area contributed by atoms with E-state index < -0.39 is 6.61 Å². The molecule has 3 aromatic rings. The van der Waals surface area contributed by atoms with Crippen molar-refractivity contribution >= 4 is 17.2 Å². The summed E-state index contributed by atoms with van der Waals surface area (Å²) in [6, 6.07) is 11.6. The van der Waals surface area contributed by atoms with E-state index in [2.05, 4.69) is 20.3 Å². The third kappa shape index (κ3) is 3.96. The lowest BCUT2D eigenvalue weighted by atomic mass is 10.2. The molecule has 24 heavy (non-hydrogen) atoms. The fourth-order valence-electron chi connectivity index (χ4n) is 2.06. The zero-order valence-corrected chi connectivity index (χ0v) is 13.1. The average molecular weight is 349 g/mol. The summed E-state index contributed by atoms with van der Waals surface area (Å²) in [4.78, 5) is 13.1. The van der Waals surface area contributed by atoms with Crippen LogP contribution in [0.25, 0.3) is 10.6 Å². The van der Waals surface area contributed by atoms with Gasteiger partial charge in [-0.3, -0.25) is 9.89 Å². The highest BCUT2D eigenvalue weighted by Gasteiger charge is 2.12. The van der Waals surface area contributed by atoms with Gasteiger partial charge in [-0.1, -0.05) is 18.2 Å². The van der Waals surface area contributed by atoms with Gasteiger partial charge in [0, 0.05) is 6.54 Å². The smallest absolute Gasteiger partial charge is 0.387 e. The van der Waals surface area contributed by atoms with Crippen molar-refractivity contribution in [2.24, 2.45) is 0 Å². The molecule has 5 nitrogen and oxygen atoms in total. The van der Waals surface area contributed by atoms with Gasteiger partial charge in [-0.2, -0.15) is 13.9 Å². The fourth-order valence-corrected chi connectivity index (χ4v) is 2.75. The Morgan fingerprint density at radius 2 is 2.08 bits per heavy atom. The highest BCUT2D eigenvalue weighted by molar-refractivity contribution is 7.13. The van der Waals surface area contributed by atoms with Gasteiger partial charge in [-0.15, -0.1) is 11.3 Å². The number of thiophene rings is 1. The SMILES string of the molecule is O=C(NCc1ccc(OC(F)F)cc1)c1cc(-c2cccs2)[nH]n1. The minimum absolute atomic E-state index is 0.0768. The van der Waals surface area contributed by atoms with Crippen LogP contribution in [-0.4, -0.2) is 22.7 Å². The summed E-state index contributed by atoms with van der Waals surface area (Å²) in [5.41, 5.74) is 1.83. The van der Waals surface area contributed by atoms with Crippen molar-refractivity contribution < 1.29 is 18.3 Å². The van der Waals surface area contributed by atoms with Gasteiger partial charge in [0.25, 0.3) is 5.91 Å². The molecular weight excluding hydrogens is 336 g/mol. The fraction of sp³-hybridized carbons (Fsp3) is 0.125. The lowest BCUT2D eigenvalue weighted by molar-refractivity contribution is -0.0498.